The van der Waals surface area contributed by atoms with E-state index in [-0.39, 0.29) is 10.8 Å². The summed E-state index contributed by atoms with van der Waals surface area (Å²) in [6.45, 7) is 9.48. The van der Waals surface area contributed by atoms with Crippen molar-refractivity contribution < 1.29 is 0 Å². The Hall–Kier alpha value is -11.7. The van der Waals surface area contributed by atoms with E-state index in [0.717, 1.165) is 72.2 Å². The van der Waals surface area contributed by atoms with Gasteiger partial charge in [0.1, 0.15) is 0 Å². The van der Waals surface area contributed by atoms with Crippen LogP contribution in [0.5, 0.6) is 0 Å². The second kappa shape index (κ2) is 19.9. The van der Waals surface area contributed by atoms with Crippen LogP contribution in [0, 0.1) is 0 Å². The highest BCUT2D eigenvalue weighted by atomic mass is 15.2. The molecule has 4 aromatic heterocycles. The Morgan fingerprint density at radius 3 is 1.02 bits per heavy atom. The molecule has 17 aromatic rings. The van der Waals surface area contributed by atoms with Crippen LogP contribution < -0.4 is 0 Å². The highest BCUT2D eigenvalue weighted by Gasteiger charge is 2.37. The molecule has 13 aromatic carbocycles. The van der Waals surface area contributed by atoms with Crippen LogP contribution in [0.2, 0.25) is 0 Å². The number of hydrogen-bond acceptors (Lipinski definition) is 2. The second-order valence-electron chi connectivity index (χ2n) is 26.5. The van der Waals surface area contributed by atoms with Gasteiger partial charge < -0.3 is 9.13 Å². The Morgan fingerprint density at radius 2 is 0.548 bits per heavy atom. The van der Waals surface area contributed by atoms with Gasteiger partial charge in [-0.25, -0.2) is 9.97 Å². The zero-order valence-electron chi connectivity index (χ0n) is 52.0. The Balaban J connectivity index is 0.762. The number of fused-ring (bicyclic) bond motifs is 15. The summed E-state index contributed by atoms with van der Waals surface area (Å²) in [4.78, 5) is 10.8. The van der Waals surface area contributed by atoms with Gasteiger partial charge in [0.2, 0.25) is 5.95 Å². The summed E-state index contributed by atoms with van der Waals surface area (Å²) in [6, 6.07) is 110. The molecule has 0 bridgehead atoms. The van der Waals surface area contributed by atoms with Gasteiger partial charge in [0.05, 0.1) is 44.5 Å². The summed E-state index contributed by atoms with van der Waals surface area (Å²) in [5.74, 6) is 0.626. The third-order valence-electron chi connectivity index (χ3n) is 20.7. The number of aromatic nitrogens is 5. The van der Waals surface area contributed by atoms with Crippen molar-refractivity contribution in [2.24, 2.45) is 0 Å². The quantitative estimate of drug-likeness (QED) is 0.152. The van der Waals surface area contributed by atoms with Crippen LogP contribution >= 0.6 is 0 Å². The molecule has 0 saturated heterocycles. The van der Waals surface area contributed by atoms with Crippen LogP contribution in [0.1, 0.15) is 49.9 Å². The molecule has 0 spiro atoms. The van der Waals surface area contributed by atoms with Crippen LogP contribution in [0.25, 0.3) is 161 Å². The van der Waals surface area contributed by atoms with Crippen LogP contribution in [-0.2, 0) is 10.8 Å². The van der Waals surface area contributed by atoms with E-state index in [0.29, 0.717) is 5.95 Å². The maximum atomic E-state index is 5.42. The minimum absolute atomic E-state index is 0.106. The zero-order valence-corrected chi connectivity index (χ0v) is 52.0. The SMILES string of the molecule is CC1(C)c2ccccc2-c2ccc(-n3c4ccccc4c4cc(-c5ccc6c(c5)c5cc(-c7ccc8c(c7)c7ccccc7n8-c7nc(-c8ccccc8)cc(-c8ccc(-c9ccccc9)cc8)n7)ccc5n6-c5ccc6c(c5)C(C)(C)c5ccccc5-6)ccc43)cc21. The van der Waals surface area contributed by atoms with E-state index in [4.69, 9.17) is 9.97 Å². The summed E-state index contributed by atoms with van der Waals surface area (Å²) >= 11 is 0. The van der Waals surface area contributed by atoms with Gasteiger partial charge in [-0.05, 0) is 169 Å². The molecule has 0 amide bonds. The fraction of sp³-hybridized carbons (Fsp3) is 0.0682. The molecule has 2 aliphatic carbocycles. The topological polar surface area (TPSA) is 40.6 Å². The van der Waals surface area contributed by atoms with Crippen molar-refractivity contribution in [3.05, 3.63) is 320 Å². The molecule has 0 fully saturated rings. The standard InChI is InChI=1S/C88H61N5/c1-87(2)74-27-15-11-23-64(74)66-41-39-62(51-76(66)87)91-80-29-17-13-25-68(80)70-47-58(35-43-82(70)91)60-36-44-83-72(49-60)73-50-61(37-45-84(73)92(83)63-40-42-67-65-24-12-16-28-75(65)88(3,4)77(67)52-63)59-38-46-85-71(48-59)69-26-14-18-30-81(69)93(85)86-89-78(56-21-9-6-10-22-56)53-79(90-86)57-33-31-55(32-34-57)54-19-7-5-8-20-54/h5-53H,1-4H3. The van der Waals surface area contributed by atoms with Crippen molar-refractivity contribution in [2.45, 2.75) is 38.5 Å². The van der Waals surface area contributed by atoms with E-state index in [2.05, 4.69) is 339 Å². The molecule has 438 valence electrons. The van der Waals surface area contributed by atoms with Crippen LogP contribution in [0.15, 0.2) is 297 Å². The van der Waals surface area contributed by atoms with Crippen LogP contribution in [-0.4, -0.2) is 23.7 Å². The molecule has 2 aliphatic rings. The lowest BCUT2D eigenvalue weighted by Gasteiger charge is -2.22. The Labute approximate surface area is 539 Å². The van der Waals surface area contributed by atoms with Crippen molar-refractivity contribution in [1.29, 1.82) is 0 Å². The lowest BCUT2D eigenvalue weighted by Crippen LogP contribution is -2.15. The van der Waals surface area contributed by atoms with Gasteiger partial charge in [-0.3, -0.25) is 4.57 Å². The molecular formula is C88H61N5. The molecule has 0 radical (unpaired) electrons. The van der Waals surface area contributed by atoms with Gasteiger partial charge >= 0.3 is 0 Å². The number of rotatable bonds is 8. The summed E-state index contributed by atoms with van der Waals surface area (Å²) in [7, 11) is 0. The first-order chi connectivity index (χ1) is 45.6. The van der Waals surface area contributed by atoms with Gasteiger partial charge in [0.15, 0.2) is 0 Å². The maximum absolute atomic E-state index is 5.42. The Kier molecular flexibility index (Phi) is 11.4. The fourth-order valence-electron chi connectivity index (χ4n) is 16.0. The molecule has 5 heteroatoms. The molecule has 0 N–H and O–H groups in total. The van der Waals surface area contributed by atoms with E-state index in [1.54, 1.807) is 0 Å². The fourth-order valence-corrected chi connectivity index (χ4v) is 16.0. The molecule has 0 saturated carbocycles. The van der Waals surface area contributed by atoms with Crippen LogP contribution in [0.3, 0.4) is 0 Å². The van der Waals surface area contributed by atoms with Crippen LogP contribution in [0.4, 0.5) is 0 Å². The summed E-state index contributed by atoms with van der Waals surface area (Å²) in [5.41, 5.74) is 30.5. The number of hydrogen-bond donors (Lipinski definition) is 0. The average Bonchev–Trinajstić information content (AvgIpc) is 1.58. The van der Waals surface area contributed by atoms with E-state index in [1.165, 1.54) is 105 Å². The van der Waals surface area contributed by atoms with Crippen molar-refractivity contribution in [1.82, 2.24) is 23.7 Å². The number of nitrogens with zero attached hydrogens (tertiary/aromatic N) is 5. The molecule has 19 rings (SSSR count). The predicted molar refractivity (Wildman–Crippen MR) is 387 cm³/mol. The van der Waals surface area contributed by atoms with Gasteiger partial charge in [-0.2, -0.15) is 0 Å². The van der Waals surface area contributed by atoms with Crippen molar-refractivity contribution in [3.63, 3.8) is 0 Å². The first-order valence-electron chi connectivity index (χ1n) is 32.4. The lowest BCUT2D eigenvalue weighted by molar-refractivity contribution is 0.660. The molecule has 0 unspecified atom stereocenters. The molecule has 5 nitrogen and oxygen atoms in total. The normalized spacial score (nSPS) is 13.5. The summed E-state index contributed by atoms with van der Waals surface area (Å²) in [6.07, 6.45) is 0. The summed E-state index contributed by atoms with van der Waals surface area (Å²) < 4.78 is 7.22. The number of para-hydroxylation sites is 2. The second-order valence-corrected chi connectivity index (χ2v) is 26.5. The Bertz CT molecular complexity index is 5980. The van der Waals surface area contributed by atoms with E-state index in [1.807, 2.05) is 0 Å². The first-order valence-corrected chi connectivity index (χ1v) is 32.4. The summed E-state index contributed by atoms with van der Waals surface area (Å²) in [5, 5.41) is 7.16. The van der Waals surface area contributed by atoms with Crippen molar-refractivity contribution >= 4 is 65.4 Å². The van der Waals surface area contributed by atoms with Gasteiger partial charge in [-0.1, -0.05) is 234 Å². The Morgan fingerprint density at radius 1 is 0.226 bits per heavy atom. The minimum atomic E-state index is -0.151. The van der Waals surface area contributed by atoms with E-state index < -0.39 is 0 Å². The third kappa shape index (κ3) is 7.99. The van der Waals surface area contributed by atoms with E-state index >= 15 is 0 Å². The smallest absolute Gasteiger partial charge is 0.235 e. The lowest BCUT2D eigenvalue weighted by atomic mass is 9.82. The highest BCUT2D eigenvalue weighted by molar-refractivity contribution is 6.15. The van der Waals surface area contributed by atoms with Gasteiger partial charge in [0.25, 0.3) is 0 Å². The third-order valence-corrected chi connectivity index (χ3v) is 20.7. The monoisotopic (exact) mass is 1190 g/mol. The van der Waals surface area contributed by atoms with Crippen molar-refractivity contribution in [2.75, 3.05) is 0 Å². The molecule has 0 atom stereocenters. The molecule has 0 aliphatic heterocycles. The average molecular weight is 1190 g/mol. The molecular weight excluding hydrogens is 1130 g/mol. The predicted octanol–water partition coefficient (Wildman–Crippen LogP) is 22.7. The van der Waals surface area contributed by atoms with Gasteiger partial charge in [0, 0.05) is 65.6 Å². The van der Waals surface area contributed by atoms with Gasteiger partial charge in [-0.15, -0.1) is 0 Å². The highest BCUT2D eigenvalue weighted by Crippen LogP contribution is 2.52. The van der Waals surface area contributed by atoms with Crippen molar-refractivity contribution in [3.8, 4) is 95.5 Å². The number of benzene rings is 13. The molecule has 4 heterocycles. The zero-order chi connectivity index (χ0) is 61.8. The largest absolute Gasteiger partial charge is 0.309 e. The minimum Gasteiger partial charge on any atom is -0.309 e. The van der Waals surface area contributed by atoms with E-state index in [9.17, 15) is 0 Å². The maximum Gasteiger partial charge on any atom is 0.235 e. The first kappa shape index (κ1) is 53.2. The molecule has 93 heavy (non-hydrogen) atoms.